The van der Waals surface area contributed by atoms with Crippen molar-refractivity contribution in [3.05, 3.63) is 65.6 Å². The molecule has 8 heteroatoms. The Labute approximate surface area is 147 Å². The molecule has 0 saturated heterocycles. The van der Waals surface area contributed by atoms with Gasteiger partial charge in [-0.3, -0.25) is 4.99 Å². The number of hydrogen-bond donors (Lipinski definition) is 2. The Hall–Kier alpha value is -3.57. The molecule has 0 amide bonds. The molecule has 130 valence electrons. The molecular formula is C18H14F2N6. The molecule has 2 aromatic heterocycles. The van der Waals surface area contributed by atoms with E-state index in [1.807, 2.05) is 0 Å². The first-order valence-corrected chi connectivity index (χ1v) is 7.56. The van der Waals surface area contributed by atoms with E-state index in [0.717, 1.165) is 6.20 Å². The second-order valence-corrected chi connectivity index (χ2v) is 5.31. The molecule has 0 radical (unpaired) electrons. The summed E-state index contributed by atoms with van der Waals surface area (Å²) in [6.45, 7) is 3.47. The summed E-state index contributed by atoms with van der Waals surface area (Å²) in [7, 11) is 0. The number of halogens is 2. The molecule has 26 heavy (non-hydrogen) atoms. The Morgan fingerprint density at radius 1 is 1.31 bits per heavy atom. The molecule has 3 rings (SSSR count). The van der Waals surface area contributed by atoms with Gasteiger partial charge in [0, 0.05) is 22.8 Å². The lowest BCUT2D eigenvalue weighted by Crippen LogP contribution is -2.29. The predicted octanol–water partition coefficient (Wildman–Crippen LogP) is 3.16. The summed E-state index contributed by atoms with van der Waals surface area (Å²) in [6.07, 6.45) is 2.65. The highest BCUT2D eigenvalue weighted by Gasteiger charge is 2.19. The number of allylic oxidation sites excluding steroid dienone is 1. The van der Waals surface area contributed by atoms with Gasteiger partial charge in [-0.15, -0.1) is 0 Å². The van der Waals surface area contributed by atoms with Crippen molar-refractivity contribution in [3.63, 3.8) is 0 Å². The van der Waals surface area contributed by atoms with Crippen LogP contribution in [0.25, 0.3) is 16.7 Å². The van der Waals surface area contributed by atoms with Gasteiger partial charge < -0.3 is 15.6 Å². The summed E-state index contributed by atoms with van der Waals surface area (Å²) in [5.41, 5.74) is 7.53. The fourth-order valence-corrected chi connectivity index (χ4v) is 2.65. The second-order valence-electron chi connectivity index (χ2n) is 5.31. The van der Waals surface area contributed by atoms with Crippen LogP contribution in [0, 0.1) is 23.0 Å². The van der Waals surface area contributed by atoms with Crippen molar-refractivity contribution in [2.24, 2.45) is 10.7 Å². The van der Waals surface area contributed by atoms with Crippen LogP contribution < -0.4 is 10.6 Å². The van der Waals surface area contributed by atoms with E-state index in [0.29, 0.717) is 22.3 Å². The van der Waals surface area contributed by atoms with Gasteiger partial charge in [0.2, 0.25) is 0 Å². The van der Waals surface area contributed by atoms with Crippen molar-refractivity contribution in [2.45, 2.75) is 0 Å². The van der Waals surface area contributed by atoms with Crippen LogP contribution in [0.3, 0.4) is 0 Å². The largest absolute Gasteiger partial charge is 0.345 e. The lowest BCUT2D eigenvalue weighted by molar-refractivity contribution is 0.624. The number of hydrogen-bond acceptors (Lipinski definition) is 5. The molecule has 0 saturated carbocycles. The molecule has 6 nitrogen and oxygen atoms in total. The van der Waals surface area contributed by atoms with Gasteiger partial charge in [0.25, 0.3) is 0 Å². The molecule has 3 aromatic rings. The molecule has 0 aliphatic rings. The molecule has 0 aliphatic carbocycles. The number of nitrogens with two attached hydrogens (primary N) is 1. The summed E-state index contributed by atoms with van der Waals surface area (Å²) in [4.78, 5) is 12.3. The maximum absolute atomic E-state index is 13.6. The van der Waals surface area contributed by atoms with Gasteiger partial charge in [-0.1, -0.05) is 0 Å². The predicted molar refractivity (Wildman–Crippen MR) is 96.1 cm³/mol. The highest BCUT2D eigenvalue weighted by atomic mass is 19.1. The van der Waals surface area contributed by atoms with Crippen LogP contribution in [-0.2, 0) is 0 Å². The summed E-state index contributed by atoms with van der Waals surface area (Å²) in [6, 6.07) is 8.86. The SMILES string of the molecule is C=N/C(=C(/C#N)N(CN)c1ccc(F)cc1)c1c[nH]c2ncc(F)cc12. The third-order valence-corrected chi connectivity index (χ3v) is 3.83. The van der Waals surface area contributed by atoms with E-state index in [1.54, 1.807) is 6.20 Å². The quantitative estimate of drug-likeness (QED) is 0.419. The van der Waals surface area contributed by atoms with Crippen LogP contribution in [0.4, 0.5) is 14.5 Å². The first-order valence-electron chi connectivity index (χ1n) is 7.56. The van der Waals surface area contributed by atoms with E-state index < -0.39 is 11.6 Å². The Kier molecular flexibility index (Phi) is 4.73. The molecule has 0 spiro atoms. The Morgan fingerprint density at radius 2 is 2.04 bits per heavy atom. The van der Waals surface area contributed by atoms with Crippen LogP contribution in [0.2, 0.25) is 0 Å². The van der Waals surface area contributed by atoms with Crippen molar-refractivity contribution in [1.82, 2.24) is 9.97 Å². The molecular weight excluding hydrogens is 338 g/mol. The zero-order valence-corrected chi connectivity index (χ0v) is 13.6. The number of aliphatic imine (C=N–C) groups is 1. The van der Waals surface area contributed by atoms with Gasteiger partial charge in [0.05, 0.1) is 12.9 Å². The minimum Gasteiger partial charge on any atom is -0.345 e. The van der Waals surface area contributed by atoms with Crippen LogP contribution in [0.15, 0.2) is 53.4 Å². The second kappa shape index (κ2) is 7.13. The number of nitriles is 1. The van der Waals surface area contributed by atoms with E-state index >= 15 is 0 Å². The number of aromatic nitrogens is 2. The molecule has 2 heterocycles. The topological polar surface area (TPSA) is 94.1 Å². The molecule has 3 N–H and O–H groups in total. The van der Waals surface area contributed by atoms with E-state index in [1.165, 1.54) is 35.2 Å². The minimum atomic E-state index is -0.519. The molecule has 0 aliphatic heterocycles. The van der Waals surface area contributed by atoms with Gasteiger partial charge in [-0.05, 0) is 37.0 Å². The summed E-state index contributed by atoms with van der Waals surface area (Å²) in [5, 5.41) is 10.2. The maximum Gasteiger partial charge on any atom is 0.148 e. The van der Waals surface area contributed by atoms with E-state index in [-0.39, 0.29) is 18.1 Å². The zero-order valence-electron chi connectivity index (χ0n) is 13.6. The number of nitrogens with one attached hydrogen (secondary N) is 1. The number of nitrogens with zero attached hydrogens (tertiary/aromatic N) is 4. The molecule has 0 bridgehead atoms. The van der Waals surface area contributed by atoms with Crippen molar-refractivity contribution < 1.29 is 8.78 Å². The number of pyridine rings is 1. The normalized spacial score (nSPS) is 11.8. The Balaban J connectivity index is 2.21. The van der Waals surface area contributed by atoms with Gasteiger partial charge in [0.15, 0.2) is 0 Å². The van der Waals surface area contributed by atoms with E-state index in [9.17, 15) is 14.0 Å². The van der Waals surface area contributed by atoms with Gasteiger partial charge in [0.1, 0.15) is 34.7 Å². The average Bonchev–Trinajstić information content (AvgIpc) is 3.06. The Bertz CT molecular complexity index is 1030. The first kappa shape index (κ1) is 17.3. The fourth-order valence-electron chi connectivity index (χ4n) is 2.65. The molecule has 0 unspecified atom stereocenters. The Morgan fingerprint density at radius 3 is 2.65 bits per heavy atom. The van der Waals surface area contributed by atoms with Crippen molar-refractivity contribution in [3.8, 4) is 6.07 Å². The third-order valence-electron chi connectivity index (χ3n) is 3.83. The van der Waals surface area contributed by atoms with E-state index in [4.69, 9.17) is 5.73 Å². The van der Waals surface area contributed by atoms with Crippen molar-refractivity contribution in [1.29, 1.82) is 5.26 Å². The number of rotatable bonds is 5. The molecule has 0 fully saturated rings. The van der Waals surface area contributed by atoms with Crippen LogP contribution in [0.5, 0.6) is 0 Å². The van der Waals surface area contributed by atoms with Crippen molar-refractivity contribution >= 4 is 29.1 Å². The zero-order chi connectivity index (χ0) is 18.7. The summed E-state index contributed by atoms with van der Waals surface area (Å²) < 4.78 is 26.8. The summed E-state index contributed by atoms with van der Waals surface area (Å²) in [5.74, 6) is -0.928. The standard InChI is InChI=1S/C18H14F2N6/c1-23-17(15-9-25-18-14(15)6-12(20)8-24-18)16(7-21)26(10-22)13-4-2-11(19)3-5-13/h2-6,8-9H,1,10,22H2,(H,24,25)/b17-16-. The van der Waals surface area contributed by atoms with Crippen molar-refractivity contribution in [2.75, 3.05) is 11.6 Å². The minimum absolute atomic E-state index is 0.0531. The molecule has 0 atom stereocenters. The number of anilines is 1. The van der Waals surface area contributed by atoms with Crippen LogP contribution >= 0.6 is 0 Å². The van der Waals surface area contributed by atoms with Crippen LogP contribution in [-0.4, -0.2) is 23.4 Å². The highest BCUT2D eigenvalue weighted by Crippen LogP contribution is 2.30. The third kappa shape index (κ3) is 3.03. The highest BCUT2D eigenvalue weighted by molar-refractivity contribution is 5.93. The average molecular weight is 352 g/mol. The lowest BCUT2D eigenvalue weighted by atomic mass is 10.1. The number of fused-ring (bicyclic) bond motifs is 1. The van der Waals surface area contributed by atoms with Gasteiger partial charge in [-0.25, -0.2) is 13.8 Å². The van der Waals surface area contributed by atoms with Gasteiger partial charge >= 0.3 is 0 Å². The number of aromatic amines is 1. The lowest BCUT2D eigenvalue weighted by Gasteiger charge is -2.23. The number of H-pyrrole nitrogens is 1. The first-order chi connectivity index (χ1) is 12.6. The smallest absolute Gasteiger partial charge is 0.148 e. The number of benzene rings is 1. The van der Waals surface area contributed by atoms with E-state index in [2.05, 4.69) is 27.7 Å². The molecule has 1 aromatic carbocycles. The fraction of sp³-hybridized carbons (Fsp3) is 0.0556. The maximum atomic E-state index is 13.6. The van der Waals surface area contributed by atoms with Gasteiger partial charge in [-0.2, -0.15) is 5.26 Å². The van der Waals surface area contributed by atoms with Crippen LogP contribution in [0.1, 0.15) is 5.56 Å². The summed E-state index contributed by atoms with van der Waals surface area (Å²) >= 11 is 0. The monoisotopic (exact) mass is 352 g/mol.